The Balaban J connectivity index is 1.82. The second kappa shape index (κ2) is 8.37. The van der Waals surface area contributed by atoms with Crippen molar-refractivity contribution in [1.29, 1.82) is 0 Å². The number of aromatic amines is 1. The predicted octanol–water partition coefficient (Wildman–Crippen LogP) is 4.84. The maximum atomic E-state index is 12.1. The van der Waals surface area contributed by atoms with E-state index in [1.54, 1.807) is 25.1 Å². The highest BCUT2D eigenvalue weighted by Crippen LogP contribution is 2.29. The molecule has 0 saturated heterocycles. The van der Waals surface area contributed by atoms with Gasteiger partial charge in [0.05, 0.1) is 34.3 Å². The number of hydrazone groups is 1. The number of ether oxygens (including phenoxy) is 1. The second-order valence-corrected chi connectivity index (χ2v) is 7.62. The van der Waals surface area contributed by atoms with Crippen LogP contribution in [0.15, 0.2) is 28.3 Å². The minimum Gasteiger partial charge on any atom is -0.462 e. The summed E-state index contributed by atoms with van der Waals surface area (Å²) in [5, 5.41) is 6.07. The van der Waals surface area contributed by atoms with Gasteiger partial charge in [-0.15, -0.1) is 0 Å². The number of thioether (sulfide) groups is 1. The van der Waals surface area contributed by atoms with Crippen LogP contribution in [0.25, 0.3) is 0 Å². The van der Waals surface area contributed by atoms with Crippen molar-refractivity contribution in [2.45, 2.75) is 20.8 Å². The van der Waals surface area contributed by atoms with E-state index in [4.69, 9.17) is 27.9 Å². The summed E-state index contributed by atoms with van der Waals surface area (Å²) < 4.78 is 5.13. The van der Waals surface area contributed by atoms with Gasteiger partial charge >= 0.3 is 5.97 Å². The summed E-state index contributed by atoms with van der Waals surface area (Å²) in [4.78, 5) is 19.9. The third-order valence-corrected chi connectivity index (χ3v) is 5.38. The normalized spacial score (nSPS) is 15.4. The second-order valence-electron chi connectivity index (χ2n) is 5.82. The van der Waals surface area contributed by atoms with Gasteiger partial charge in [0.2, 0.25) is 0 Å². The standard InChI is InChI=1S/C18H18Cl2N4O2S/c1-4-26-17(25)15-9(2)16(21-10(15)3)14-8-27-18(24-23-14)22-13-6-5-11(19)7-12(13)20/h5-7,21H,4,8H2,1-3H3,(H,22,24). The van der Waals surface area contributed by atoms with E-state index in [0.29, 0.717) is 38.8 Å². The Morgan fingerprint density at radius 2 is 2.15 bits per heavy atom. The van der Waals surface area contributed by atoms with E-state index in [-0.39, 0.29) is 5.97 Å². The maximum absolute atomic E-state index is 12.1. The summed E-state index contributed by atoms with van der Waals surface area (Å²) in [6.07, 6.45) is 0. The van der Waals surface area contributed by atoms with Gasteiger partial charge in [-0.3, -0.25) is 5.43 Å². The summed E-state index contributed by atoms with van der Waals surface area (Å²) >= 11 is 13.6. The molecule has 142 valence electrons. The number of benzene rings is 1. The Kier molecular flexibility index (Phi) is 6.14. The minimum atomic E-state index is -0.327. The third kappa shape index (κ3) is 4.31. The number of hydrogen-bond acceptors (Lipinski definition) is 5. The van der Waals surface area contributed by atoms with Crippen LogP contribution in [0.3, 0.4) is 0 Å². The van der Waals surface area contributed by atoms with E-state index in [0.717, 1.165) is 22.7 Å². The lowest BCUT2D eigenvalue weighted by Crippen LogP contribution is -2.25. The molecule has 0 fully saturated rings. The Morgan fingerprint density at radius 1 is 1.37 bits per heavy atom. The molecule has 6 nitrogen and oxygen atoms in total. The van der Waals surface area contributed by atoms with Gasteiger partial charge in [-0.05, 0) is 44.5 Å². The van der Waals surface area contributed by atoms with Gasteiger partial charge in [0.25, 0.3) is 0 Å². The van der Waals surface area contributed by atoms with Crippen LogP contribution in [-0.4, -0.2) is 34.2 Å². The smallest absolute Gasteiger partial charge is 0.340 e. The van der Waals surface area contributed by atoms with Crippen LogP contribution >= 0.6 is 35.0 Å². The predicted molar refractivity (Wildman–Crippen MR) is 112 cm³/mol. The molecule has 0 aliphatic carbocycles. The lowest BCUT2D eigenvalue weighted by molar-refractivity contribution is 0.0525. The Bertz CT molecular complexity index is 953. The molecule has 2 N–H and O–H groups in total. The average molecular weight is 425 g/mol. The van der Waals surface area contributed by atoms with Gasteiger partial charge in [0, 0.05) is 16.5 Å². The largest absolute Gasteiger partial charge is 0.462 e. The van der Waals surface area contributed by atoms with E-state index < -0.39 is 0 Å². The number of nitrogens with zero attached hydrogens (tertiary/aromatic N) is 2. The molecule has 2 heterocycles. The number of halogens is 2. The highest BCUT2D eigenvalue weighted by atomic mass is 35.5. The van der Waals surface area contributed by atoms with Gasteiger partial charge < -0.3 is 9.72 Å². The van der Waals surface area contributed by atoms with Crippen molar-refractivity contribution < 1.29 is 9.53 Å². The Labute approximate surface area is 171 Å². The van der Waals surface area contributed by atoms with Crippen LogP contribution in [0.5, 0.6) is 0 Å². The van der Waals surface area contributed by atoms with E-state index in [2.05, 4.69) is 20.5 Å². The van der Waals surface area contributed by atoms with Crippen LogP contribution in [-0.2, 0) is 4.74 Å². The van der Waals surface area contributed by atoms with Crippen molar-refractivity contribution in [3.8, 4) is 0 Å². The van der Waals surface area contributed by atoms with Crippen molar-refractivity contribution in [3.63, 3.8) is 0 Å². The first kappa shape index (κ1) is 19.8. The summed E-state index contributed by atoms with van der Waals surface area (Å²) in [5.74, 6) is 0.270. The molecule has 9 heteroatoms. The molecule has 1 aromatic carbocycles. The van der Waals surface area contributed by atoms with Crippen LogP contribution < -0.4 is 5.43 Å². The van der Waals surface area contributed by atoms with Crippen molar-refractivity contribution in [3.05, 3.63) is 50.8 Å². The summed E-state index contributed by atoms with van der Waals surface area (Å²) in [7, 11) is 0. The molecule has 0 radical (unpaired) electrons. The van der Waals surface area contributed by atoms with Crippen LogP contribution in [0, 0.1) is 13.8 Å². The molecule has 1 aromatic heterocycles. The third-order valence-electron chi connectivity index (χ3n) is 3.97. The number of H-pyrrole nitrogens is 1. The molecule has 0 atom stereocenters. The molecule has 0 unspecified atom stereocenters. The monoisotopic (exact) mass is 424 g/mol. The number of hydrogen-bond donors (Lipinski definition) is 2. The van der Waals surface area contributed by atoms with Crippen LogP contribution in [0.4, 0.5) is 5.69 Å². The zero-order valence-electron chi connectivity index (χ0n) is 15.0. The summed E-state index contributed by atoms with van der Waals surface area (Å²) in [6, 6.07) is 5.13. The first-order chi connectivity index (χ1) is 12.9. The molecule has 1 aliphatic rings. The highest BCUT2D eigenvalue weighted by molar-refractivity contribution is 8.14. The SMILES string of the molecule is CCOC(=O)c1c(C)[nH]c(C2=NNC(=Nc3ccc(Cl)cc3Cl)SC2)c1C. The Hall–Kier alpha value is -1.96. The van der Waals surface area contributed by atoms with E-state index in [9.17, 15) is 4.79 Å². The molecule has 3 rings (SSSR count). The van der Waals surface area contributed by atoms with Gasteiger partial charge in [0.15, 0.2) is 5.17 Å². The van der Waals surface area contributed by atoms with E-state index >= 15 is 0 Å². The number of aromatic nitrogens is 1. The molecule has 1 aliphatic heterocycles. The van der Waals surface area contributed by atoms with Gasteiger partial charge in [0.1, 0.15) is 0 Å². The maximum Gasteiger partial charge on any atom is 0.340 e. The fourth-order valence-corrected chi connectivity index (χ4v) is 3.94. The number of esters is 1. The lowest BCUT2D eigenvalue weighted by atomic mass is 10.1. The number of rotatable bonds is 4. The van der Waals surface area contributed by atoms with E-state index in [1.165, 1.54) is 11.8 Å². The summed E-state index contributed by atoms with van der Waals surface area (Å²) in [6.45, 7) is 5.86. The molecule has 27 heavy (non-hydrogen) atoms. The number of amidine groups is 1. The first-order valence-corrected chi connectivity index (χ1v) is 10.0. The topological polar surface area (TPSA) is 78.8 Å². The molecule has 0 amide bonds. The van der Waals surface area contributed by atoms with E-state index in [1.807, 2.05) is 13.8 Å². The number of nitrogens with one attached hydrogen (secondary N) is 2. The lowest BCUT2D eigenvalue weighted by Gasteiger charge is -2.15. The minimum absolute atomic E-state index is 0.327. The van der Waals surface area contributed by atoms with Crippen LogP contribution in [0.1, 0.15) is 34.2 Å². The molecule has 0 spiro atoms. The highest BCUT2D eigenvalue weighted by Gasteiger charge is 2.23. The number of aryl methyl sites for hydroxylation is 1. The summed E-state index contributed by atoms with van der Waals surface area (Å²) in [5.41, 5.74) is 7.33. The first-order valence-electron chi connectivity index (χ1n) is 8.26. The average Bonchev–Trinajstić information content (AvgIpc) is 2.93. The Morgan fingerprint density at radius 3 is 2.78 bits per heavy atom. The molecule has 0 saturated carbocycles. The fraction of sp³-hybridized carbons (Fsp3) is 0.278. The van der Waals surface area contributed by atoms with Gasteiger partial charge in [-0.25, -0.2) is 9.79 Å². The zero-order chi connectivity index (χ0) is 19.6. The number of aliphatic imine (C=N–C) groups is 1. The quantitative estimate of drug-likeness (QED) is 0.687. The molecular formula is C18H18Cl2N4O2S. The molecule has 2 aromatic rings. The van der Waals surface area contributed by atoms with Crippen molar-refractivity contribution in [2.24, 2.45) is 10.1 Å². The van der Waals surface area contributed by atoms with Gasteiger partial charge in [-0.2, -0.15) is 5.10 Å². The van der Waals surface area contributed by atoms with Crippen molar-refractivity contribution in [1.82, 2.24) is 10.4 Å². The zero-order valence-corrected chi connectivity index (χ0v) is 17.3. The van der Waals surface area contributed by atoms with Crippen LogP contribution in [0.2, 0.25) is 10.0 Å². The fourth-order valence-electron chi connectivity index (χ4n) is 2.73. The van der Waals surface area contributed by atoms with Crippen molar-refractivity contribution in [2.75, 3.05) is 12.4 Å². The molecule has 0 bridgehead atoms. The number of carbonyl (C=O) groups excluding carboxylic acids is 1. The van der Waals surface area contributed by atoms with Gasteiger partial charge in [-0.1, -0.05) is 35.0 Å². The van der Waals surface area contributed by atoms with Crippen molar-refractivity contribution >= 4 is 57.5 Å². The number of carbonyl (C=O) groups is 1. The molecular weight excluding hydrogens is 407 g/mol.